The van der Waals surface area contributed by atoms with Gasteiger partial charge in [-0.25, -0.2) is 9.78 Å². The molecular formula is C28H45N3O3. The Bertz CT molecular complexity index is 723. The van der Waals surface area contributed by atoms with Gasteiger partial charge >= 0.3 is 5.97 Å². The molecule has 0 saturated heterocycles. The second-order valence-corrected chi connectivity index (χ2v) is 8.65. The smallest absolute Gasteiger partial charge is 0.329 e. The second-order valence-electron chi connectivity index (χ2n) is 8.65. The molecule has 0 aromatic carbocycles. The Morgan fingerprint density at radius 1 is 0.941 bits per heavy atom. The minimum absolute atomic E-state index is 0.308. The highest BCUT2D eigenvalue weighted by Crippen LogP contribution is 2.10. The van der Waals surface area contributed by atoms with Crippen LogP contribution in [0.1, 0.15) is 96.6 Å². The van der Waals surface area contributed by atoms with E-state index in [0.29, 0.717) is 13.0 Å². The van der Waals surface area contributed by atoms with Crippen LogP contribution in [0.4, 0.5) is 0 Å². The summed E-state index contributed by atoms with van der Waals surface area (Å²) in [5, 5.41) is 2.73. The van der Waals surface area contributed by atoms with Gasteiger partial charge in [0.15, 0.2) is 0 Å². The van der Waals surface area contributed by atoms with Gasteiger partial charge in [0.05, 0.1) is 12.9 Å². The van der Waals surface area contributed by atoms with Crippen LogP contribution in [0, 0.1) is 0 Å². The molecular weight excluding hydrogens is 426 g/mol. The SMILES string of the molecule is CCCCCCCCCCCC=CC=CC=CC(=O)N[C@@H](Cc1cnc[nH]1)C(=O)OCCCC. The fourth-order valence-electron chi connectivity index (χ4n) is 3.47. The highest BCUT2D eigenvalue weighted by molar-refractivity contribution is 5.91. The fraction of sp³-hybridized carbons (Fsp3) is 0.607. The summed E-state index contributed by atoms with van der Waals surface area (Å²) in [4.78, 5) is 31.6. The van der Waals surface area contributed by atoms with Crippen molar-refractivity contribution in [2.75, 3.05) is 6.61 Å². The predicted molar refractivity (Wildman–Crippen MR) is 139 cm³/mol. The van der Waals surface area contributed by atoms with Gasteiger partial charge in [-0.05, 0) is 19.3 Å². The quantitative estimate of drug-likeness (QED) is 0.100. The van der Waals surface area contributed by atoms with Crippen molar-refractivity contribution < 1.29 is 14.3 Å². The van der Waals surface area contributed by atoms with E-state index in [0.717, 1.165) is 25.0 Å². The molecule has 0 aliphatic carbocycles. The van der Waals surface area contributed by atoms with E-state index in [1.54, 1.807) is 18.6 Å². The lowest BCUT2D eigenvalue weighted by Crippen LogP contribution is -2.42. The van der Waals surface area contributed by atoms with Crippen LogP contribution in [-0.4, -0.2) is 34.5 Å². The molecule has 190 valence electrons. The predicted octanol–water partition coefficient (Wildman–Crippen LogP) is 6.37. The molecule has 0 bridgehead atoms. The van der Waals surface area contributed by atoms with Crippen molar-refractivity contribution >= 4 is 11.9 Å². The summed E-state index contributed by atoms with van der Waals surface area (Å²) in [6.07, 6.45) is 29.4. The Hall–Kier alpha value is -2.63. The van der Waals surface area contributed by atoms with Crippen LogP contribution in [0.5, 0.6) is 0 Å². The lowest BCUT2D eigenvalue weighted by Gasteiger charge is -2.16. The normalized spacial score (nSPS) is 12.6. The zero-order chi connectivity index (χ0) is 24.7. The van der Waals surface area contributed by atoms with E-state index in [9.17, 15) is 9.59 Å². The van der Waals surface area contributed by atoms with E-state index in [4.69, 9.17) is 4.74 Å². The monoisotopic (exact) mass is 471 g/mol. The number of unbranched alkanes of at least 4 members (excludes halogenated alkanes) is 10. The van der Waals surface area contributed by atoms with E-state index >= 15 is 0 Å². The minimum Gasteiger partial charge on any atom is -0.464 e. The number of aromatic nitrogens is 2. The number of nitrogens with one attached hydrogen (secondary N) is 2. The number of carbonyl (C=O) groups excluding carboxylic acids is 2. The average Bonchev–Trinajstić information content (AvgIpc) is 3.34. The molecule has 1 heterocycles. The summed E-state index contributed by atoms with van der Waals surface area (Å²) in [7, 11) is 0. The molecule has 0 aliphatic rings. The maximum atomic E-state index is 12.4. The largest absolute Gasteiger partial charge is 0.464 e. The van der Waals surface area contributed by atoms with Crippen LogP contribution in [0.3, 0.4) is 0 Å². The number of amides is 1. The van der Waals surface area contributed by atoms with E-state index in [1.165, 1.54) is 63.9 Å². The van der Waals surface area contributed by atoms with Gasteiger partial charge < -0.3 is 15.0 Å². The zero-order valence-electron chi connectivity index (χ0n) is 21.3. The molecule has 34 heavy (non-hydrogen) atoms. The molecule has 6 nitrogen and oxygen atoms in total. The number of hydrogen-bond acceptors (Lipinski definition) is 4. The minimum atomic E-state index is -0.755. The number of carbonyl (C=O) groups is 2. The Balaban J connectivity index is 2.25. The third-order valence-electron chi connectivity index (χ3n) is 5.51. The van der Waals surface area contributed by atoms with Crippen LogP contribution in [0.25, 0.3) is 0 Å². The number of nitrogens with zero attached hydrogens (tertiary/aromatic N) is 1. The van der Waals surface area contributed by atoms with Gasteiger partial charge in [0.2, 0.25) is 5.91 Å². The first-order chi connectivity index (χ1) is 16.7. The molecule has 0 unspecified atom stereocenters. The molecule has 1 amide bonds. The van der Waals surface area contributed by atoms with Crippen LogP contribution in [-0.2, 0) is 20.7 Å². The van der Waals surface area contributed by atoms with Gasteiger partial charge in [-0.15, -0.1) is 0 Å². The first-order valence-electron chi connectivity index (χ1n) is 13.1. The molecule has 1 aromatic rings. The number of hydrogen-bond donors (Lipinski definition) is 2. The molecule has 6 heteroatoms. The number of H-pyrrole nitrogens is 1. The second kappa shape index (κ2) is 20.9. The Morgan fingerprint density at radius 3 is 2.29 bits per heavy atom. The van der Waals surface area contributed by atoms with E-state index in [2.05, 4.69) is 28.3 Å². The molecule has 2 N–H and O–H groups in total. The van der Waals surface area contributed by atoms with Crippen molar-refractivity contribution in [1.82, 2.24) is 15.3 Å². The molecule has 1 aromatic heterocycles. The van der Waals surface area contributed by atoms with Crippen LogP contribution >= 0.6 is 0 Å². The van der Waals surface area contributed by atoms with Gasteiger partial charge in [0.1, 0.15) is 6.04 Å². The topological polar surface area (TPSA) is 84.1 Å². The third-order valence-corrected chi connectivity index (χ3v) is 5.51. The fourth-order valence-corrected chi connectivity index (χ4v) is 3.47. The number of allylic oxidation sites excluding steroid dienone is 5. The Kier molecular flexibility index (Phi) is 18.1. The van der Waals surface area contributed by atoms with Crippen molar-refractivity contribution in [3.05, 3.63) is 54.7 Å². The summed E-state index contributed by atoms with van der Waals surface area (Å²) < 4.78 is 5.29. The van der Waals surface area contributed by atoms with Crippen LogP contribution in [0.2, 0.25) is 0 Å². The standard InChI is InChI=1S/C28H45N3O3/c1-3-5-7-8-9-10-11-12-13-14-15-16-17-18-19-20-27(32)31-26(22-25-23-29-24-30-25)28(33)34-21-6-4-2/h15-20,23-24,26H,3-14,21-22H2,1-2H3,(H,29,30)(H,31,32)/t26-/m0/s1. The molecule has 0 fully saturated rings. The van der Waals surface area contributed by atoms with E-state index in [1.807, 2.05) is 25.2 Å². The van der Waals surface area contributed by atoms with Gasteiger partial charge in [0, 0.05) is 24.4 Å². The zero-order valence-corrected chi connectivity index (χ0v) is 21.3. The van der Waals surface area contributed by atoms with Crippen LogP contribution in [0.15, 0.2) is 49.0 Å². The third kappa shape index (κ3) is 16.1. The highest BCUT2D eigenvalue weighted by atomic mass is 16.5. The van der Waals surface area contributed by atoms with Gasteiger partial charge in [-0.2, -0.15) is 0 Å². The Labute approximate surface area is 206 Å². The molecule has 1 atom stereocenters. The van der Waals surface area contributed by atoms with Crippen molar-refractivity contribution in [3.63, 3.8) is 0 Å². The summed E-state index contributed by atoms with van der Waals surface area (Å²) in [6.45, 7) is 4.64. The molecule has 0 radical (unpaired) electrons. The van der Waals surface area contributed by atoms with Crippen LogP contribution < -0.4 is 5.32 Å². The summed E-state index contributed by atoms with van der Waals surface area (Å²) in [6, 6.07) is -0.755. The molecule has 0 saturated carbocycles. The molecule has 1 rings (SSSR count). The van der Waals surface area contributed by atoms with E-state index in [-0.39, 0.29) is 5.91 Å². The van der Waals surface area contributed by atoms with Crippen molar-refractivity contribution in [2.24, 2.45) is 0 Å². The van der Waals surface area contributed by atoms with Crippen molar-refractivity contribution in [1.29, 1.82) is 0 Å². The van der Waals surface area contributed by atoms with Crippen molar-refractivity contribution in [2.45, 2.75) is 103 Å². The lowest BCUT2D eigenvalue weighted by atomic mass is 10.1. The van der Waals surface area contributed by atoms with Crippen molar-refractivity contribution in [3.8, 4) is 0 Å². The first-order valence-corrected chi connectivity index (χ1v) is 13.1. The number of ether oxygens (including phenoxy) is 1. The lowest BCUT2D eigenvalue weighted by molar-refractivity contribution is -0.147. The maximum Gasteiger partial charge on any atom is 0.329 e. The summed E-state index contributed by atoms with van der Waals surface area (Å²) >= 11 is 0. The average molecular weight is 472 g/mol. The maximum absolute atomic E-state index is 12.4. The summed E-state index contributed by atoms with van der Waals surface area (Å²) in [5.41, 5.74) is 0.763. The van der Waals surface area contributed by atoms with Gasteiger partial charge in [0.25, 0.3) is 0 Å². The molecule has 0 spiro atoms. The number of esters is 1. The number of rotatable bonds is 20. The van der Waals surface area contributed by atoms with E-state index < -0.39 is 12.0 Å². The summed E-state index contributed by atoms with van der Waals surface area (Å²) in [5.74, 6) is -0.764. The van der Waals surface area contributed by atoms with Gasteiger partial charge in [-0.3, -0.25) is 4.79 Å². The first kappa shape index (κ1) is 29.4. The molecule has 0 aliphatic heterocycles. The Morgan fingerprint density at radius 2 is 1.62 bits per heavy atom. The number of imidazole rings is 1. The number of aromatic amines is 1. The van der Waals surface area contributed by atoms with Gasteiger partial charge in [-0.1, -0.05) is 102 Å². The highest BCUT2D eigenvalue weighted by Gasteiger charge is 2.22.